The molecule has 5 rings (SSSR count). The molecule has 1 heterocycles. The number of carbonyl (C=O) groups is 1. The lowest BCUT2D eigenvalue weighted by molar-refractivity contribution is 0.0955. The van der Waals surface area contributed by atoms with Crippen LogP contribution in [0.25, 0.3) is 16.9 Å². The molecule has 0 saturated heterocycles. The van der Waals surface area contributed by atoms with Crippen LogP contribution in [0.2, 0.25) is 0 Å². The van der Waals surface area contributed by atoms with Gasteiger partial charge in [-0.3, -0.25) is 4.79 Å². The number of carbonyl (C=O) groups excluding carboxylic acids is 1. The number of hydrogen-bond donors (Lipinski definition) is 1. The highest BCUT2D eigenvalue weighted by molar-refractivity contribution is 5.95. The number of benzene rings is 4. The second-order valence-electron chi connectivity index (χ2n) is 8.58. The summed E-state index contributed by atoms with van der Waals surface area (Å²) in [6.45, 7) is 2.52. The summed E-state index contributed by atoms with van der Waals surface area (Å²) in [4.78, 5) is 12.7. The van der Waals surface area contributed by atoms with Crippen molar-refractivity contribution in [1.29, 1.82) is 0 Å². The first-order valence-corrected chi connectivity index (χ1v) is 12.0. The number of hydrazone groups is 1. The van der Waals surface area contributed by atoms with Crippen molar-refractivity contribution in [3.8, 4) is 22.7 Å². The molecular formula is C31H26N4O2. The predicted molar refractivity (Wildman–Crippen MR) is 146 cm³/mol. The van der Waals surface area contributed by atoms with Crippen molar-refractivity contribution >= 4 is 12.1 Å². The minimum atomic E-state index is -0.307. The van der Waals surface area contributed by atoms with E-state index in [0.29, 0.717) is 17.9 Å². The summed E-state index contributed by atoms with van der Waals surface area (Å²) in [5.74, 6) is 0.388. The summed E-state index contributed by atoms with van der Waals surface area (Å²) in [5.41, 5.74) is 8.87. The highest BCUT2D eigenvalue weighted by Crippen LogP contribution is 2.22. The minimum absolute atomic E-state index is 0.307. The molecule has 5 aromatic rings. The summed E-state index contributed by atoms with van der Waals surface area (Å²) >= 11 is 0. The summed E-state index contributed by atoms with van der Waals surface area (Å²) in [6, 6.07) is 35.0. The average Bonchev–Trinajstić information content (AvgIpc) is 3.38. The fraction of sp³-hybridized carbons (Fsp3) is 0.0645. The van der Waals surface area contributed by atoms with Crippen LogP contribution >= 0.6 is 0 Å². The van der Waals surface area contributed by atoms with Gasteiger partial charge in [-0.2, -0.15) is 10.2 Å². The smallest absolute Gasteiger partial charge is 0.271 e. The number of para-hydroxylation sites is 1. The standard InChI is InChI=1S/C31H26N4O2/c1-23-12-14-24(15-13-23)22-37-29-18-16-26(17-19-29)31(36)33-32-20-27-21-35(28-10-6-3-7-11-28)34-30(27)25-8-4-2-5-9-25/h2-21H,22H2,1H3,(H,33,36)/b32-20+. The maximum atomic E-state index is 12.7. The van der Waals surface area contributed by atoms with Gasteiger partial charge in [-0.25, -0.2) is 10.1 Å². The summed E-state index contributed by atoms with van der Waals surface area (Å²) in [6.07, 6.45) is 3.51. The second kappa shape index (κ2) is 11.2. The van der Waals surface area contributed by atoms with Gasteiger partial charge in [-0.1, -0.05) is 78.4 Å². The Hall–Kier alpha value is -4.97. The Kier molecular flexibility index (Phi) is 7.18. The number of amides is 1. The molecule has 6 heteroatoms. The van der Waals surface area contributed by atoms with Gasteiger partial charge in [0.15, 0.2) is 0 Å². The first-order chi connectivity index (χ1) is 18.2. The SMILES string of the molecule is Cc1ccc(COc2ccc(C(=O)N/N=C/c3cn(-c4ccccc4)nc3-c3ccccc3)cc2)cc1. The van der Waals surface area contributed by atoms with E-state index in [2.05, 4.69) is 29.6 Å². The molecular weight excluding hydrogens is 460 g/mol. The van der Waals surface area contributed by atoms with Crippen LogP contribution in [0.15, 0.2) is 120 Å². The Morgan fingerprint density at radius 1 is 0.892 bits per heavy atom. The van der Waals surface area contributed by atoms with E-state index >= 15 is 0 Å². The van der Waals surface area contributed by atoms with Gasteiger partial charge in [0.1, 0.15) is 18.1 Å². The lowest BCUT2D eigenvalue weighted by Gasteiger charge is -2.07. The summed E-state index contributed by atoms with van der Waals surface area (Å²) < 4.78 is 7.64. The number of aryl methyl sites for hydroxylation is 1. The van der Waals surface area contributed by atoms with Gasteiger partial charge >= 0.3 is 0 Å². The highest BCUT2D eigenvalue weighted by atomic mass is 16.5. The van der Waals surface area contributed by atoms with Gasteiger partial charge in [0.2, 0.25) is 0 Å². The fourth-order valence-electron chi connectivity index (χ4n) is 3.79. The van der Waals surface area contributed by atoms with Gasteiger partial charge in [-0.05, 0) is 48.9 Å². The molecule has 0 fully saturated rings. The molecule has 0 saturated carbocycles. The third-order valence-corrected chi connectivity index (χ3v) is 5.82. The molecule has 0 radical (unpaired) electrons. The van der Waals surface area contributed by atoms with Gasteiger partial charge in [0.05, 0.1) is 11.9 Å². The molecule has 1 N–H and O–H groups in total. The van der Waals surface area contributed by atoms with Crippen molar-refractivity contribution in [2.75, 3.05) is 0 Å². The maximum Gasteiger partial charge on any atom is 0.271 e. The molecule has 0 spiro atoms. The second-order valence-corrected chi connectivity index (χ2v) is 8.58. The lowest BCUT2D eigenvalue weighted by atomic mass is 10.1. The van der Waals surface area contributed by atoms with Crippen LogP contribution in [-0.2, 0) is 6.61 Å². The van der Waals surface area contributed by atoms with Crippen molar-refractivity contribution in [2.45, 2.75) is 13.5 Å². The number of rotatable bonds is 8. The van der Waals surface area contributed by atoms with Gasteiger partial charge in [-0.15, -0.1) is 0 Å². The minimum Gasteiger partial charge on any atom is -0.489 e. The third-order valence-electron chi connectivity index (χ3n) is 5.82. The van der Waals surface area contributed by atoms with E-state index in [-0.39, 0.29) is 5.91 Å². The topological polar surface area (TPSA) is 68.5 Å². The number of aromatic nitrogens is 2. The Bertz CT molecular complexity index is 1490. The Morgan fingerprint density at radius 3 is 2.27 bits per heavy atom. The van der Waals surface area contributed by atoms with Gasteiger partial charge < -0.3 is 4.74 Å². The molecule has 37 heavy (non-hydrogen) atoms. The van der Waals surface area contributed by atoms with Crippen LogP contribution in [0.4, 0.5) is 0 Å². The van der Waals surface area contributed by atoms with Crippen LogP contribution in [0, 0.1) is 6.92 Å². The zero-order valence-corrected chi connectivity index (χ0v) is 20.4. The summed E-state index contributed by atoms with van der Waals surface area (Å²) in [7, 11) is 0. The maximum absolute atomic E-state index is 12.7. The first kappa shape index (κ1) is 23.8. The fourth-order valence-corrected chi connectivity index (χ4v) is 3.79. The zero-order chi connectivity index (χ0) is 25.5. The Labute approximate surface area is 215 Å². The van der Waals surface area contributed by atoms with Crippen molar-refractivity contribution in [3.63, 3.8) is 0 Å². The number of hydrogen-bond acceptors (Lipinski definition) is 4. The predicted octanol–water partition coefficient (Wildman–Crippen LogP) is 6.19. The lowest BCUT2D eigenvalue weighted by Crippen LogP contribution is -2.17. The molecule has 1 amide bonds. The van der Waals surface area contributed by atoms with Crippen molar-refractivity contribution in [3.05, 3.63) is 138 Å². The third kappa shape index (κ3) is 6.00. The number of nitrogens with one attached hydrogen (secondary N) is 1. The molecule has 0 bridgehead atoms. The number of ether oxygens (including phenoxy) is 1. The molecule has 6 nitrogen and oxygen atoms in total. The van der Waals surface area contributed by atoms with E-state index in [1.165, 1.54) is 5.56 Å². The van der Waals surface area contributed by atoms with Crippen molar-refractivity contribution < 1.29 is 9.53 Å². The van der Waals surface area contributed by atoms with E-state index in [1.807, 2.05) is 79.0 Å². The van der Waals surface area contributed by atoms with Gasteiger partial charge in [0.25, 0.3) is 5.91 Å². The molecule has 182 valence electrons. The van der Waals surface area contributed by atoms with Crippen molar-refractivity contribution in [2.24, 2.45) is 5.10 Å². The van der Waals surface area contributed by atoms with Crippen LogP contribution in [-0.4, -0.2) is 21.9 Å². The summed E-state index contributed by atoms with van der Waals surface area (Å²) in [5, 5.41) is 8.97. The Morgan fingerprint density at radius 2 is 1.57 bits per heavy atom. The highest BCUT2D eigenvalue weighted by Gasteiger charge is 2.11. The monoisotopic (exact) mass is 486 g/mol. The van der Waals surface area contributed by atoms with Crippen LogP contribution in [0.1, 0.15) is 27.0 Å². The van der Waals surface area contributed by atoms with E-state index in [0.717, 1.165) is 28.1 Å². The largest absolute Gasteiger partial charge is 0.489 e. The van der Waals surface area contributed by atoms with Crippen LogP contribution in [0.3, 0.4) is 0 Å². The molecule has 1 aromatic heterocycles. The zero-order valence-electron chi connectivity index (χ0n) is 20.4. The average molecular weight is 487 g/mol. The van der Waals surface area contributed by atoms with E-state index in [9.17, 15) is 4.79 Å². The van der Waals surface area contributed by atoms with Crippen LogP contribution < -0.4 is 10.2 Å². The van der Waals surface area contributed by atoms with E-state index in [4.69, 9.17) is 9.84 Å². The van der Waals surface area contributed by atoms with E-state index < -0.39 is 0 Å². The number of nitrogens with zero attached hydrogens (tertiary/aromatic N) is 3. The molecule has 0 aliphatic rings. The molecule has 4 aromatic carbocycles. The molecule has 0 atom stereocenters. The Balaban J connectivity index is 1.26. The van der Waals surface area contributed by atoms with Gasteiger partial charge in [0, 0.05) is 22.9 Å². The quantitative estimate of drug-likeness (QED) is 0.210. The first-order valence-electron chi connectivity index (χ1n) is 12.0. The molecule has 0 aliphatic heterocycles. The van der Waals surface area contributed by atoms with Crippen molar-refractivity contribution in [1.82, 2.24) is 15.2 Å². The molecule has 0 aliphatic carbocycles. The van der Waals surface area contributed by atoms with Crippen LogP contribution in [0.5, 0.6) is 5.75 Å². The normalized spacial score (nSPS) is 10.9. The van der Waals surface area contributed by atoms with E-state index in [1.54, 1.807) is 35.2 Å². The molecule has 0 unspecified atom stereocenters.